The van der Waals surface area contributed by atoms with Gasteiger partial charge in [0.2, 0.25) is 17.2 Å². The summed E-state index contributed by atoms with van der Waals surface area (Å²) >= 11 is 5.72. The maximum atomic E-state index is 5.72. The van der Waals surface area contributed by atoms with Gasteiger partial charge in [0.05, 0.1) is 0 Å². The second kappa shape index (κ2) is 5.67. The number of nitrogens with two attached hydrogens (primary N) is 1. The fraction of sp³-hybridized carbons (Fsp3) is 0.727. The Hall–Kier alpha value is -1.14. The highest BCUT2D eigenvalue weighted by Crippen LogP contribution is 2.18. The van der Waals surface area contributed by atoms with Crippen LogP contribution in [-0.2, 0) is 0 Å². The van der Waals surface area contributed by atoms with Crippen LogP contribution in [0.4, 0.5) is 11.9 Å². The van der Waals surface area contributed by atoms with Gasteiger partial charge in [-0.25, -0.2) is 0 Å². The molecule has 1 aliphatic heterocycles. The molecule has 0 aromatic carbocycles. The van der Waals surface area contributed by atoms with Crippen LogP contribution < -0.4 is 11.1 Å². The molecule has 7 heteroatoms. The normalized spacial score (nSPS) is 20.6. The van der Waals surface area contributed by atoms with Crippen LogP contribution in [0.5, 0.6) is 0 Å². The molecule has 2 heterocycles. The molecule has 0 radical (unpaired) electrons. The van der Waals surface area contributed by atoms with Gasteiger partial charge >= 0.3 is 0 Å². The summed E-state index contributed by atoms with van der Waals surface area (Å²) in [5.74, 6) is 1.22. The van der Waals surface area contributed by atoms with E-state index >= 15 is 0 Å². The van der Waals surface area contributed by atoms with Crippen LogP contribution in [0.1, 0.15) is 20.3 Å². The molecule has 0 saturated carbocycles. The maximum absolute atomic E-state index is 5.72. The molecule has 1 atom stereocenters. The van der Waals surface area contributed by atoms with Crippen molar-refractivity contribution in [3.8, 4) is 0 Å². The number of rotatable bonds is 4. The summed E-state index contributed by atoms with van der Waals surface area (Å²) in [6.07, 6.45) is 1.19. The monoisotopic (exact) mass is 270 g/mol. The molecule has 18 heavy (non-hydrogen) atoms. The summed E-state index contributed by atoms with van der Waals surface area (Å²) < 4.78 is 0. The average Bonchev–Trinajstić information content (AvgIpc) is 2.73. The summed E-state index contributed by atoms with van der Waals surface area (Å²) in [6.45, 7) is 7.55. The Bertz CT molecular complexity index is 390. The van der Waals surface area contributed by atoms with Crippen LogP contribution in [0.2, 0.25) is 5.28 Å². The molecule has 3 N–H and O–H groups in total. The Morgan fingerprint density at radius 1 is 1.44 bits per heavy atom. The summed E-state index contributed by atoms with van der Waals surface area (Å²) in [7, 11) is 0. The number of nitrogens with zero attached hydrogens (tertiary/aromatic N) is 4. The van der Waals surface area contributed by atoms with Gasteiger partial charge < -0.3 is 16.0 Å². The highest BCUT2D eigenvalue weighted by molar-refractivity contribution is 6.28. The first-order valence-electron chi connectivity index (χ1n) is 6.19. The minimum Gasteiger partial charge on any atom is -0.368 e. The average molecular weight is 271 g/mol. The zero-order valence-electron chi connectivity index (χ0n) is 10.7. The predicted molar refractivity (Wildman–Crippen MR) is 72.6 cm³/mol. The van der Waals surface area contributed by atoms with E-state index in [0.717, 1.165) is 19.6 Å². The number of hydrogen-bond donors (Lipinski definition) is 2. The molecule has 6 nitrogen and oxygen atoms in total. The van der Waals surface area contributed by atoms with E-state index < -0.39 is 0 Å². The Morgan fingerprint density at radius 3 is 2.83 bits per heavy atom. The number of hydrogen-bond acceptors (Lipinski definition) is 6. The number of anilines is 2. The molecular formula is C11H19ClN6. The zero-order chi connectivity index (χ0) is 13.1. The Morgan fingerprint density at radius 2 is 2.22 bits per heavy atom. The summed E-state index contributed by atoms with van der Waals surface area (Å²) in [5.41, 5.74) is 5.51. The lowest BCUT2D eigenvalue weighted by molar-refractivity contribution is 0.266. The first-order valence-corrected chi connectivity index (χ1v) is 6.57. The van der Waals surface area contributed by atoms with Gasteiger partial charge in [-0.3, -0.25) is 0 Å². The summed E-state index contributed by atoms with van der Waals surface area (Å²) in [6, 6.07) is 0.609. The van der Waals surface area contributed by atoms with E-state index in [1.54, 1.807) is 0 Å². The standard InChI is InChI=1S/C11H19ClN6/c1-7(2)18-4-3-8(6-18)5-14-11-16-9(12)15-10(13)17-11/h7-8H,3-6H2,1-2H3,(H3,13,14,15,16,17). The van der Waals surface area contributed by atoms with E-state index in [1.165, 1.54) is 6.42 Å². The third-order valence-corrected chi connectivity index (χ3v) is 3.39. The molecule has 1 saturated heterocycles. The van der Waals surface area contributed by atoms with Crippen molar-refractivity contribution in [1.29, 1.82) is 0 Å². The van der Waals surface area contributed by atoms with Crippen molar-refractivity contribution in [1.82, 2.24) is 19.9 Å². The van der Waals surface area contributed by atoms with E-state index in [4.69, 9.17) is 17.3 Å². The van der Waals surface area contributed by atoms with Crippen LogP contribution in [0, 0.1) is 5.92 Å². The number of halogens is 1. The predicted octanol–water partition coefficient (Wildman–Crippen LogP) is 1.25. The molecule has 1 aromatic rings. The molecule has 1 unspecified atom stereocenters. The lowest BCUT2D eigenvalue weighted by Crippen LogP contribution is -2.29. The molecule has 0 aliphatic carbocycles. The molecule has 100 valence electrons. The smallest absolute Gasteiger partial charge is 0.228 e. The zero-order valence-corrected chi connectivity index (χ0v) is 11.5. The van der Waals surface area contributed by atoms with Crippen molar-refractivity contribution in [2.75, 3.05) is 30.7 Å². The summed E-state index contributed by atoms with van der Waals surface area (Å²) in [4.78, 5) is 14.2. The first-order chi connectivity index (χ1) is 8.54. The van der Waals surface area contributed by atoms with Crippen molar-refractivity contribution in [2.24, 2.45) is 5.92 Å². The Kier molecular flexibility index (Phi) is 4.19. The third kappa shape index (κ3) is 3.43. The minimum atomic E-state index is 0.125. The molecule has 0 spiro atoms. The van der Waals surface area contributed by atoms with Crippen LogP contribution >= 0.6 is 11.6 Å². The lowest BCUT2D eigenvalue weighted by Gasteiger charge is -2.20. The number of aromatic nitrogens is 3. The third-order valence-electron chi connectivity index (χ3n) is 3.22. The highest BCUT2D eigenvalue weighted by Gasteiger charge is 2.24. The van der Waals surface area contributed by atoms with Gasteiger partial charge in [0.15, 0.2) is 0 Å². The molecule has 0 bridgehead atoms. The number of nitrogens with one attached hydrogen (secondary N) is 1. The van der Waals surface area contributed by atoms with E-state index in [-0.39, 0.29) is 11.2 Å². The first kappa shape index (κ1) is 13.3. The second-order valence-electron chi connectivity index (χ2n) is 4.91. The van der Waals surface area contributed by atoms with Crippen LogP contribution in [0.25, 0.3) is 0 Å². The van der Waals surface area contributed by atoms with Gasteiger partial charge in [0.1, 0.15) is 0 Å². The van der Waals surface area contributed by atoms with Crippen molar-refractivity contribution >= 4 is 23.5 Å². The minimum absolute atomic E-state index is 0.125. The number of likely N-dealkylation sites (tertiary alicyclic amines) is 1. The van der Waals surface area contributed by atoms with Gasteiger partial charge in [-0.05, 0) is 44.3 Å². The van der Waals surface area contributed by atoms with E-state index in [9.17, 15) is 0 Å². The lowest BCUT2D eigenvalue weighted by atomic mass is 10.1. The molecular weight excluding hydrogens is 252 g/mol. The summed E-state index contributed by atoms with van der Waals surface area (Å²) in [5, 5.41) is 3.30. The van der Waals surface area contributed by atoms with Crippen molar-refractivity contribution in [2.45, 2.75) is 26.3 Å². The van der Waals surface area contributed by atoms with Gasteiger partial charge in [-0.1, -0.05) is 0 Å². The van der Waals surface area contributed by atoms with Gasteiger partial charge in [-0.15, -0.1) is 0 Å². The van der Waals surface area contributed by atoms with E-state index in [2.05, 4.69) is 39.0 Å². The Balaban J connectivity index is 1.85. The highest BCUT2D eigenvalue weighted by atomic mass is 35.5. The largest absolute Gasteiger partial charge is 0.368 e. The molecule has 1 fully saturated rings. The molecule has 1 aromatic heterocycles. The van der Waals surface area contributed by atoms with Gasteiger partial charge in [0.25, 0.3) is 0 Å². The fourth-order valence-electron chi connectivity index (χ4n) is 2.18. The SMILES string of the molecule is CC(C)N1CCC(CNc2nc(N)nc(Cl)n2)C1. The molecule has 0 amide bonds. The van der Waals surface area contributed by atoms with Crippen molar-refractivity contribution in [3.63, 3.8) is 0 Å². The van der Waals surface area contributed by atoms with Gasteiger partial charge in [-0.2, -0.15) is 15.0 Å². The topological polar surface area (TPSA) is 80.0 Å². The van der Waals surface area contributed by atoms with E-state index in [1.807, 2.05) is 0 Å². The van der Waals surface area contributed by atoms with Crippen LogP contribution in [0.3, 0.4) is 0 Å². The number of nitrogen functional groups attached to an aromatic ring is 1. The van der Waals surface area contributed by atoms with E-state index in [0.29, 0.717) is 17.9 Å². The fourth-order valence-corrected chi connectivity index (χ4v) is 2.34. The van der Waals surface area contributed by atoms with Crippen molar-refractivity contribution < 1.29 is 0 Å². The van der Waals surface area contributed by atoms with Crippen LogP contribution in [0.15, 0.2) is 0 Å². The van der Waals surface area contributed by atoms with Crippen LogP contribution in [-0.4, -0.2) is 45.5 Å². The Labute approximate surface area is 112 Å². The second-order valence-corrected chi connectivity index (χ2v) is 5.25. The maximum Gasteiger partial charge on any atom is 0.228 e. The van der Waals surface area contributed by atoms with Crippen molar-refractivity contribution in [3.05, 3.63) is 5.28 Å². The van der Waals surface area contributed by atoms with Gasteiger partial charge in [0, 0.05) is 19.1 Å². The molecule has 2 rings (SSSR count). The molecule has 1 aliphatic rings. The quantitative estimate of drug-likeness (QED) is 0.857.